The maximum absolute atomic E-state index is 12.4. The van der Waals surface area contributed by atoms with Crippen LogP contribution >= 0.6 is 23.2 Å². The van der Waals surface area contributed by atoms with Crippen LogP contribution in [0, 0.1) is 6.92 Å². The number of halogens is 2. The van der Waals surface area contributed by atoms with Crippen molar-refractivity contribution < 1.29 is 14.4 Å². The Morgan fingerprint density at radius 1 is 1.04 bits per heavy atom. The van der Waals surface area contributed by atoms with Gasteiger partial charge >= 0.3 is 6.03 Å². The number of nitrogens with zero attached hydrogens (tertiary/aromatic N) is 1. The van der Waals surface area contributed by atoms with Crippen LogP contribution in [0.4, 0.5) is 16.2 Å². The predicted molar refractivity (Wildman–Crippen MR) is 104 cm³/mol. The summed E-state index contributed by atoms with van der Waals surface area (Å²) in [5, 5.41) is 7.38. The van der Waals surface area contributed by atoms with Gasteiger partial charge in [0.25, 0.3) is 0 Å². The lowest BCUT2D eigenvalue weighted by atomic mass is 10.2. The van der Waals surface area contributed by atoms with Gasteiger partial charge < -0.3 is 10.6 Å². The average Bonchev–Trinajstić information content (AvgIpc) is 2.60. The third-order valence-electron chi connectivity index (χ3n) is 3.66. The second kappa shape index (κ2) is 8.89. The van der Waals surface area contributed by atoms with E-state index in [0.717, 1.165) is 10.6 Å². The summed E-state index contributed by atoms with van der Waals surface area (Å²) in [6.07, 6.45) is 0. The van der Waals surface area contributed by atoms with Gasteiger partial charge in [-0.2, -0.15) is 5.06 Å². The van der Waals surface area contributed by atoms with E-state index in [1.165, 1.54) is 7.11 Å². The maximum atomic E-state index is 12.4. The van der Waals surface area contributed by atoms with Crippen LogP contribution in [-0.2, 0) is 9.63 Å². The van der Waals surface area contributed by atoms with Crippen LogP contribution in [0.1, 0.15) is 12.5 Å². The minimum atomic E-state index is -0.882. The predicted octanol–water partition coefficient (Wildman–Crippen LogP) is 4.72. The molecular weight excluding hydrogens is 377 g/mol. The summed E-state index contributed by atoms with van der Waals surface area (Å²) in [4.78, 5) is 29.9. The van der Waals surface area contributed by atoms with Crippen molar-refractivity contribution in [2.24, 2.45) is 0 Å². The fourth-order valence-electron chi connectivity index (χ4n) is 2.15. The van der Waals surface area contributed by atoms with Crippen LogP contribution in [0.5, 0.6) is 0 Å². The van der Waals surface area contributed by atoms with Gasteiger partial charge in [-0.25, -0.2) is 4.79 Å². The van der Waals surface area contributed by atoms with Crippen LogP contribution in [0.15, 0.2) is 42.5 Å². The molecule has 1 unspecified atom stereocenters. The number of carbonyl (C=O) groups is 2. The smallest absolute Gasteiger partial charge is 0.324 e. The molecule has 8 heteroatoms. The molecule has 3 amide bonds. The highest BCUT2D eigenvalue weighted by Crippen LogP contribution is 2.20. The van der Waals surface area contributed by atoms with Crippen molar-refractivity contribution in [3.63, 3.8) is 0 Å². The van der Waals surface area contributed by atoms with E-state index < -0.39 is 18.0 Å². The highest BCUT2D eigenvalue weighted by Gasteiger charge is 2.26. The van der Waals surface area contributed by atoms with E-state index in [2.05, 4.69) is 10.6 Å². The number of carbonyl (C=O) groups excluding carboxylic acids is 2. The summed E-state index contributed by atoms with van der Waals surface area (Å²) in [5.74, 6) is -0.418. The van der Waals surface area contributed by atoms with E-state index in [9.17, 15) is 9.59 Å². The van der Waals surface area contributed by atoms with Crippen molar-refractivity contribution in [2.45, 2.75) is 19.9 Å². The fourth-order valence-corrected chi connectivity index (χ4v) is 2.46. The number of amides is 3. The number of aryl methyl sites for hydroxylation is 1. The van der Waals surface area contributed by atoms with E-state index in [1.54, 1.807) is 49.4 Å². The zero-order chi connectivity index (χ0) is 19.3. The second-order valence-electron chi connectivity index (χ2n) is 5.57. The molecular formula is C18H19Cl2N3O3. The van der Waals surface area contributed by atoms with Gasteiger partial charge in [-0.1, -0.05) is 29.3 Å². The number of hydroxylamine groups is 2. The molecule has 0 aliphatic rings. The standard InChI is InChI=1S/C18H19Cl2N3O3/c1-11-4-7-15(10-16(11)20)21-17(24)12(2)23(26-3)18(25)22-14-8-5-13(19)6-9-14/h4-10,12H,1-3H3,(H,21,24)(H,22,25). The van der Waals surface area contributed by atoms with Gasteiger partial charge in [-0.05, 0) is 55.8 Å². The van der Waals surface area contributed by atoms with Crippen molar-refractivity contribution in [3.05, 3.63) is 58.1 Å². The molecule has 0 bridgehead atoms. The topological polar surface area (TPSA) is 70.7 Å². The minimum Gasteiger partial charge on any atom is -0.324 e. The average molecular weight is 396 g/mol. The van der Waals surface area contributed by atoms with Gasteiger partial charge in [-0.3, -0.25) is 9.63 Å². The number of rotatable bonds is 5. The van der Waals surface area contributed by atoms with Gasteiger partial charge in [-0.15, -0.1) is 0 Å². The molecule has 0 saturated heterocycles. The summed E-state index contributed by atoms with van der Waals surface area (Å²) < 4.78 is 0. The van der Waals surface area contributed by atoms with Crippen molar-refractivity contribution >= 4 is 46.5 Å². The lowest BCUT2D eigenvalue weighted by Crippen LogP contribution is -2.46. The van der Waals surface area contributed by atoms with Crippen molar-refractivity contribution in [1.82, 2.24) is 5.06 Å². The van der Waals surface area contributed by atoms with Gasteiger partial charge in [0.05, 0.1) is 7.11 Å². The van der Waals surface area contributed by atoms with E-state index in [4.69, 9.17) is 28.0 Å². The largest absolute Gasteiger partial charge is 0.346 e. The van der Waals surface area contributed by atoms with E-state index >= 15 is 0 Å². The third-order valence-corrected chi connectivity index (χ3v) is 4.32. The van der Waals surface area contributed by atoms with Crippen molar-refractivity contribution in [1.29, 1.82) is 0 Å². The Bertz CT molecular complexity index is 797. The number of hydrogen-bond acceptors (Lipinski definition) is 3. The molecule has 26 heavy (non-hydrogen) atoms. The van der Waals surface area contributed by atoms with Crippen molar-refractivity contribution in [2.75, 3.05) is 17.7 Å². The first-order valence-corrected chi connectivity index (χ1v) is 8.54. The van der Waals surface area contributed by atoms with Gasteiger partial charge in [0, 0.05) is 21.4 Å². The number of nitrogens with one attached hydrogen (secondary N) is 2. The molecule has 0 aliphatic heterocycles. The highest BCUT2D eigenvalue weighted by atomic mass is 35.5. The Kier molecular flexibility index (Phi) is 6.85. The Balaban J connectivity index is 2.04. The van der Waals surface area contributed by atoms with E-state index in [0.29, 0.717) is 21.4 Å². The molecule has 2 rings (SSSR count). The zero-order valence-corrected chi connectivity index (χ0v) is 16.1. The Morgan fingerprint density at radius 2 is 1.65 bits per heavy atom. The molecule has 0 spiro atoms. The number of hydrogen-bond donors (Lipinski definition) is 2. The molecule has 138 valence electrons. The molecule has 2 aromatic carbocycles. The molecule has 0 fully saturated rings. The lowest BCUT2D eigenvalue weighted by Gasteiger charge is -2.26. The summed E-state index contributed by atoms with van der Waals surface area (Å²) in [7, 11) is 1.31. The van der Waals surface area contributed by atoms with E-state index in [-0.39, 0.29) is 0 Å². The molecule has 0 heterocycles. The Hall–Kier alpha value is -2.28. The van der Waals surface area contributed by atoms with Crippen LogP contribution in [0.25, 0.3) is 0 Å². The molecule has 2 N–H and O–H groups in total. The highest BCUT2D eigenvalue weighted by molar-refractivity contribution is 6.31. The summed E-state index contributed by atoms with van der Waals surface area (Å²) in [5.41, 5.74) is 1.96. The molecule has 1 atom stereocenters. The monoisotopic (exact) mass is 395 g/mol. The second-order valence-corrected chi connectivity index (χ2v) is 6.42. The maximum Gasteiger partial charge on any atom is 0.346 e. The molecule has 2 aromatic rings. The van der Waals surface area contributed by atoms with Gasteiger partial charge in [0.1, 0.15) is 6.04 Å². The lowest BCUT2D eigenvalue weighted by molar-refractivity contribution is -0.141. The normalized spacial score (nSPS) is 11.6. The Morgan fingerprint density at radius 3 is 2.23 bits per heavy atom. The first-order chi connectivity index (χ1) is 12.3. The van der Waals surface area contributed by atoms with Crippen LogP contribution < -0.4 is 10.6 Å². The molecule has 0 saturated carbocycles. The van der Waals surface area contributed by atoms with Crippen molar-refractivity contribution in [3.8, 4) is 0 Å². The third kappa shape index (κ3) is 5.11. The van der Waals surface area contributed by atoms with Crippen LogP contribution in [0.2, 0.25) is 10.0 Å². The van der Waals surface area contributed by atoms with E-state index in [1.807, 2.05) is 6.92 Å². The number of benzene rings is 2. The molecule has 0 radical (unpaired) electrons. The first kappa shape index (κ1) is 20.0. The molecule has 0 aliphatic carbocycles. The first-order valence-electron chi connectivity index (χ1n) is 7.78. The van der Waals surface area contributed by atoms with Gasteiger partial charge in [0.2, 0.25) is 5.91 Å². The molecule has 0 aromatic heterocycles. The van der Waals surface area contributed by atoms with Crippen LogP contribution in [-0.4, -0.2) is 30.2 Å². The fraction of sp³-hybridized carbons (Fsp3) is 0.222. The molecule has 6 nitrogen and oxygen atoms in total. The minimum absolute atomic E-state index is 0.418. The zero-order valence-electron chi connectivity index (χ0n) is 14.5. The summed E-state index contributed by atoms with van der Waals surface area (Å²) >= 11 is 11.9. The number of anilines is 2. The SMILES string of the molecule is CON(C(=O)Nc1ccc(Cl)cc1)C(C)C(=O)Nc1ccc(C)c(Cl)c1. The quantitative estimate of drug-likeness (QED) is 0.719. The Labute approximate surface area is 162 Å². The van der Waals surface area contributed by atoms with Gasteiger partial charge in [0.15, 0.2) is 0 Å². The number of urea groups is 1. The van der Waals surface area contributed by atoms with Crippen LogP contribution in [0.3, 0.4) is 0 Å². The summed E-state index contributed by atoms with van der Waals surface area (Å²) in [6, 6.07) is 10.3. The summed E-state index contributed by atoms with van der Waals surface area (Å²) in [6.45, 7) is 3.42.